The van der Waals surface area contributed by atoms with E-state index in [1.54, 1.807) is 49.7 Å². The summed E-state index contributed by atoms with van der Waals surface area (Å²) in [6, 6.07) is 14.5. The van der Waals surface area contributed by atoms with Crippen molar-refractivity contribution in [2.24, 2.45) is 0 Å². The first-order valence-corrected chi connectivity index (χ1v) is 11.8. The Balaban J connectivity index is 1.64. The van der Waals surface area contributed by atoms with Crippen molar-refractivity contribution in [3.63, 3.8) is 0 Å². The molecule has 3 aromatic rings. The third kappa shape index (κ3) is 5.83. The molecule has 2 atom stereocenters. The Morgan fingerprint density at radius 3 is 2.34 bits per heavy atom. The fourth-order valence-corrected chi connectivity index (χ4v) is 4.37. The molecule has 11 heteroatoms. The highest BCUT2D eigenvalue weighted by Gasteiger charge is 2.43. The molecule has 1 fully saturated rings. The molecule has 38 heavy (non-hydrogen) atoms. The number of hydrogen-bond acceptors (Lipinski definition) is 6. The number of alkyl halides is 2. The van der Waals surface area contributed by atoms with Gasteiger partial charge in [0, 0.05) is 37.9 Å². The molecule has 200 valence electrons. The number of amides is 2. The Bertz CT molecular complexity index is 1330. The largest absolute Gasteiger partial charge is 0.497 e. The predicted octanol–water partition coefficient (Wildman–Crippen LogP) is 3.03. The molecule has 1 saturated heterocycles. The number of nitrogens with zero attached hydrogens (tertiary/aromatic N) is 2. The maximum absolute atomic E-state index is 13.6. The van der Waals surface area contributed by atoms with Gasteiger partial charge in [0.25, 0.3) is 11.5 Å². The molecule has 1 aliphatic heterocycles. The minimum absolute atomic E-state index is 0.0930. The van der Waals surface area contributed by atoms with E-state index < -0.39 is 30.4 Å². The van der Waals surface area contributed by atoms with Gasteiger partial charge in [-0.15, -0.1) is 0 Å². The number of ether oxygens (including phenoxy) is 3. The van der Waals surface area contributed by atoms with Crippen LogP contribution in [0.5, 0.6) is 11.5 Å². The summed E-state index contributed by atoms with van der Waals surface area (Å²) < 4.78 is 41.0. The fourth-order valence-electron chi connectivity index (χ4n) is 4.37. The van der Waals surface area contributed by atoms with Crippen molar-refractivity contribution in [2.75, 3.05) is 32.3 Å². The monoisotopic (exact) mass is 527 g/mol. The van der Waals surface area contributed by atoms with Gasteiger partial charge in [-0.1, -0.05) is 12.1 Å². The summed E-state index contributed by atoms with van der Waals surface area (Å²) in [6.45, 7) is -2.19. The second kappa shape index (κ2) is 11.9. The van der Waals surface area contributed by atoms with E-state index in [2.05, 4.69) is 10.1 Å². The van der Waals surface area contributed by atoms with Crippen molar-refractivity contribution in [3.8, 4) is 11.5 Å². The maximum Gasteiger partial charge on any atom is 0.387 e. The number of hydrogen-bond donors (Lipinski definition) is 1. The Kier molecular flexibility index (Phi) is 8.37. The van der Waals surface area contributed by atoms with Gasteiger partial charge in [-0.25, -0.2) is 0 Å². The first-order valence-electron chi connectivity index (χ1n) is 11.8. The van der Waals surface area contributed by atoms with E-state index in [1.165, 1.54) is 40.8 Å². The molecule has 1 aromatic heterocycles. The Hall–Kier alpha value is -4.25. The van der Waals surface area contributed by atoms with Crippen LogP contribution in [0, 0.1) is 0 Å². The van der Waals surface area contributed by atoms with E-state index in [0.717, 1.165) is 5.56 Å². The Morgan fingerprint density at radius 2 is 1.71 bits per heavy atom. The van der Waals surface area contributed by atoms with Crippen LogP contribution in [0.2, 0.25) is 0 Å². The van der Waals surface area contributed by atoms with Crippen LogP contribution < -0.4 is 25.2 Å². The molecular formula is C27H27F2N3O6. The van der Waals surface area contributed by atoms with Gasteiger partial charge in [0.1, 0.15) is 23.2 Å². The number of rotatable bonds is 10. The van der Waals surface area contributed by atoms with Gasteiger partial charge in [0.2, 0.25) is 5.91 Å². The van der Waals surface area contributed by atoms with Crippen LogP contribution in [-0.2, 0) is 16.1 Å². The summed E-state index contributed by atoms with van der Waals surface area (Å²) in [6.07, 6.45) is 1.62. The van der Waals surface area contributed by atoms with Crippen molar-refractivity contribution in [1.82, 2.24) is 9.88 Å². The first kappa shape index (κ1) is 26.8. The van der Waals surface area contributed by atoms with Crippen molar-refractivity contribution < 1.29 is 32.6 Å². The molecule has 0 aliphatic carbocycles. The lowest BCUT2D eigenvalue weighted by Crippen LogP contribution is -2.44. The molecule has 2 amide bonds. The molecule has 0 bridgehead atoms. The fraction of sp³-hybridized carbons (Fsp3) is 0.296. The van der Waals surface area contributed by atoms with E-state index in [4.69, 9.17) is 9.47 Å². The highest BCUT2D eigenvalue weighted by molar-refractivity contribution is 6.05. The van der Waals surface area contributed by atoms with Crippen LogP contribution in [0.1, 0.15) is 21.8 Å². The summed E-state index contributed by atoms with van der Waals surface area (Å²) in [4.78, 5) is 41.2. The van der Waals surface area contributed by atoms with Crippen LogP contribution in [0.4, 0.5) is 14.5 Å². The molecular weight excluding hydrogens is 500 g/mol. The van der Waals surface area contributed by atoms with Crippen molar-refractivity contribution >= 4 is 17.5 Å². The van der Waals surface area contributed by atoms with E-state index in [0.29, 0.717) is 18.9 Å². The van der Waals surface area contributed by atoms with Crippen molar-refractivity contribution in [2.45, 2.75) is 25.1 Å². The number of carbonyl (C=O) groups excluding carboxylic acids is 2. The molecule has 0 spiro atoms. The normalized spacial score (nSPS) is 17.1. The molecule has 0 saturated carbocycles. The minimum atomic E-state index is -2.99. The zero-order valence-corrected chi connectivity index (χ0v) is 20.8. The average molecular weight is 528 g/mol. The number of nitrogens with one attached hydrogen (secondary N) is 1. The van der Waals surface area contributed by atoms with Crippen LogP contribution in [0.3, 0.4) is 0 Å². The van der Waals surface area contributed by atoms with E-state index in [9.17, 15) is 23.2 Å². The Morgan fingerprint density at radius 1 is 1.03 bits per heavy atom. The minimum Gasteiger partial charge on any atom is -0.497 e. The van der Waals surface area contributed by atoms with Gasteiger partial charge in [0.15, 0.2) is 0 Å². The predicted molar refractivity (Wildman–Crippen MR) is 135 cm³/mol. The smallest absolute Gasteiger partial charge is 0.387 e. The number of benzene rings is 2. The van der Waals surface area contributed by atoms with Gasteiger partial charge in [-0.2, -0.15) is 8.78 Å². The molecule has 2 heterocycles. The van der Waals surface area contributed by atoms with Gasteiger partial charge in [0.05, 0.1) is 13.7 Å². The van der Waals surface area contributed by atoms with Gasteiger partial charge >= 0.3 is 6.61 Å². The van der Waals surface area contributed by atoms with Gasteiger partial charge < -0.3 is 29.0 Å². The number of aromatic nitrogens is 1. The lowest BCUT2D eigenvalue weighted by molar-refractivity contribution is -0.118. The highest BCUT2D eigenvalue weighted by atomic mass is 19.3. The molecule has 1 aliphatic rings. The van der Waals surface area contributed by atoms with Gasteiger partial charge in [-0.05, 0) is 54.1 Å². The molecule has 0 radical (unpaired) electrons. The van der Waals surface area contributed by atoms with E-state index in [-0.39, 0.29) is 29.1 Å². The van der Waals surface area contributed by atoms with Crippen LogP contribution >= 0.6 is 0 Å². The standard InChI is InChI=1S/C27H27F2N3O6/c1-36-15-14-31-13-3-4-22(25(31)34)32-16-21(17-5-9-19(37-2)10-6-17)23(26(32)35)30-24(33)18-7-11-20(12-8-18)38-27(28)29/h3-13,21,23,27H,14-16H2,1-2H3,(H,30,33)/t21-,23-/m0/s1. The molecule has 9 nitrogen and oxygen atoms in total. The summed E-state index contributed by atoms with van der Waals surface area (Å²) in [5.74, 6) is -0.961. The molecule has 2 aromatic carbocycles. The third-order valence-corrected chi connectivity index (χ3v) is 6.31. The van der Waals surface area contributed by atoms with E-state index >= 15 is 0 Å². The van der Waals surface area contributed by atoms with Crippen LogP contribution in [0.25, 0.3) is 0 Å². The highest BCUT2D eigenvalue weighted by Crippen LogP contribution is 2.32. The van der Waals surface area contributed by atoms with Crippen LogP contribution in [-0.4, -0.2) is 56.4 Å². The molecule has 4 rings (SSSR count). The van der Waals surface area contributed by atoms with Gasteiger partial charge in [-0.3, -0.25) is 14.4 Å². The number of anilines is 1. The second-order valence-electron chi connectivity index (χ2n) is 8.57. The lowest BCUT2D eigenvalue weighted by atomic mass is 9.93. The summed E-state index contributed by atoms with van der Waals surface area (Å²) in [5.41, 5.74) is 0.765. The van der Waals surface area contributed by atoms with Crippen molar-refractivity contribution in [3.05, 3.63) is 88.3 Å². The average Bonchev–Trinajstić information content (AvgIpc) is 3.23. The van der Waals surface area contributed by atoms with Crippen LogP contribution in [0.15, 0.2) is 71.7 Å². The zero-order valence-electron chi connectivity index (χ0n) is 20.8. The SMILES string of the molecule is COCCn1cccc(N2C[C@@H](c3ccc(OC)cc3)[C@H](NC(=O)c3ccc(OC(F)F)cc3)C2=O)c1=O. The first-order chi connectivity index (χ1) is 18.3. The summed E-state index contributed by atoms with van der Waals surface area (Å²) in [7, 11) is 3.07. The topological polar surface area (TPSA) is 99.1 Å². The maximum atomic E-state index is 13.6. The molecule has 0 unspecified atom stereocenters. The number of carbonyl (C=O) groups is 2. The quantitative estimate of drug-likeness (QED) is 0.435. The second-order valence-corrected chi connectivity index (χ2v) is 8.57. The number of halogens is 2. The third-order valence-electron chi connectivity index (χ3n) is 6.31. The van der Waals surface area contributed by atoms with E-state index in [1.807, 2.05) is 0 Å². The van der Waals surface area contributed by atoms with Crippen molar-refractivity contribution in [1.29, 1.82) is 0 Å². The number of pyridine rings is 1. The number of methoxy groups -OCH3 is 2. The Labute approximate surface area is 217 Å². The summed E-state index contributed by atoms with van der Waals surface area (Å²) in [5, 5.41) is 2.77. The lowest BCUT2D eigenvalue weighted by Gasteiger charge is -2.19. The molecule has 1 N–H and O–H groups in total. The summed E-state index contributed by atoms with van der Waals surface area (Å²) >= 11 is 0. The zero-order chi connectivity index (χ0) is 27.2.